The van der Waals surface area contributed by atoms with Gasteiger partial charge in [-0.15, -0.1) is 0 Å². The fourth-order valence-electron chi connectivity index (χ4n) is 2.41. The lowest BCUT2D eigenvalue weighted by molar-refractivity contribution is 0.0668. The summed E-state index contributed by atoms with van der Waals surface area (Å²) >= 11 is 0. The zero-order valence-corrected chi connectivity index (χ0v) is 11.9. The monoisotopic (exact) mass is 276 g/mol. The first-order chi connectivity index (χ1) is 9.69. The first kappa shape index (κ1) is 15.0. The maximum atomic E-state index is 13.3. The molecule has 20 heavy (non-hydrogen) atoms. The Bertz CT molecular complexity index is 507. The van der Waals surface area contributed by atoms with Crippen molar-refractivity contribution in [1.82, 2.24) is 4.90 Å². The van der Waals surface area contributed by atoms with Gasteiger partial charge in [0, 0.05) is 31.8 Å². The lowest BCUT2D eigenvalue weighted by Crippen LogP contribution is -2.30. The molecule has 0 aromatic heterocycles. The summed E-state index contributed by atoms with van der Waals surface area (Å²) < 4.78 is 19.0. The van der Waals surface area contributed by atoms with E-state index in [0.29, 0.717) is 0 Å². The SMILES string of the molecule is CC1CN(Cc2ccc(F)cc2C#CCN)CCCO1. The third kappa shape index (κ3) is 4.31. The summed E-state index contributed by atoms with van der Waals surface area (Å²) in [4.78, 5) is 2.33. The van der Waals surface area contributed by atoms with Crippen molar-refractivity contribution in [2.24, 2.45) is 5.73 Å². The molecular weight excluding hydrogens is 255 g/mol. The zero-order valence-electron chi connectivity index (χ0n) is 11.9. The van der Waals surface area contributed by atoms with E-state index in [1.807, 2.05) is 6.07 Å². The lowest BCUT2D eigenvalue weighted by atomic mass is 10.1. The summed E-state index contributed by atoms with van der Waals surface area (Å²) in [5.74, 6) is 5.49. The highest BCUT2D eigenvalue weighted by Crippen LogP contribution is 2.15. The Morgan fingerprint density at radius 1 is 1.50 bits per heavy atom. The van der Waals surface area contributed by atoms with E-state index >= 15 is 0 Å². The Hall–Kier alpha value is -1.41. The standard InChI is InChI=1S/C16H21FN2O/c1-13-11-19(8-3-9-20-13)12-15-5-6-16(17)10-14(15)4-2-7-18/h5-6,10,13H,3,7-9,11-12,18H2,1H3. The summed E-state index contributed by atoms with van der Waals surface area (Å²) in [5.41, 5.74) is 7.17. The number of hydrogen-bond acceptors (Lipinski definition) is 3. The highest BCUT2D eigenvalue weighted by Gasteiger charge is 2.16. The quantitative estimate of drug-likeness (QED) is 0.836. The van der Waals surface area contributed by atoms with Gasteiger partial charge in [-0.2, -0.15) is 0 Å². The van der Waals surface area contributed by atoms with Crippen LogP contribution in [0.2, 0.25) is 0 Å². The molecule has 1 aliphatic rings. The minimum absolute atomic E-state index is 0.233. The smallest absolute Gasteiger partial charge is 0.124 e. The fraction of sp³-hybridized carbons (Fsp3) is 0.500. The van der Waals surface area contributed by atoms with Gasteiger partial charge in [-0.25, -0.2) is 4.39 Å². The van der Waals surface area contributed by atoms with E-state index in [-0.39, 0.29) is 18.5 Å². The number of benzene rings is 1. The van der Waals surface area contributed by atoms with Crippen LogP contribution in [0.5, 0.6) is 0 Å². The molecule has 0 amide bonds. The molecule has 1 fully saturated rings. The van der Waals surface area contributed by atoms with Crippen molar-refractivity contribution < 1.29 is 9.13 Å². The molecule has 0 saturated carbocycles. The van der Waals surface area contributed by atoms with Gasteiger partial charge in [0.05, 0.1) is 12.6 Å². The summed E-state index contributed by atoms with van der Waals surface area (Å²) in [6.45, 7) is 5.82. The van der Waals surface area contributed by atoms with Crippen LogP contribution < -0.4 is 5.73 Å². The van der Waals surface area contributed by atoms with Gasteiger partial charge in [0.1, 0.15) is 5.82 Å². The van der Waals surface area contributed by atoms with E-state index < -0.39 is 0 Å². The van der Waals surface area contributed by atoms with Crippen LogP contribution >= 0.6 is 0 Å². The predicted octanol–water partition coefficient (Wildman–Crippen LogP) is 1.75. The van der Waals surface area contributed by atoms with Crippen molar-refractivity contribution in [2.75, 3.05) is 26.2 Å². The molecule has 2 N–H and O–H groups in total. The Labute approximate surface area is 119 Å². The van der Waals surface area contributed by atoms with Crippen molar-refractivity contribution in [2.45, 2.75) is 26.0 Å². The van der Waals surface area contributed by atoms with Crippen LogP contribution in [0.4, 0.5) is 4.39 Å². The van der Waals surface area contributed by atoms with Crippen molar-refractivity contribution in [3.8, 4) is 11.8 Å². The third-order valence-electron chi connectivity index (χ3n) is 3.33. The molecule has 1 unspecified atom stereocenters. The van der Waals surface area contributed by atoms with Gasteiger partial charge in [-0.3, -0.25) is 4.90 Å². The molecule has 0 spiro atoms. The van der Waals surface area contributed by atoms with E-state index in [1.165, 1.54) is 12.1 Å². The van der Waals surface area contributed by atoms with Gasteiger partial charge in [-0.1, -0.05) is 17.9 Å². The average Bonchev–Trinajstić information content (AvgIpc) is 2.63. The van der Waals surface area contributed by atoms with Crippen molar-refractivity contribution in [3.63, 3.8) is 0 Å². The molecule has 1 atom stereocenters. The molecule has 0 bridgehead atoms. The number of nitrogens with zero attached hydrogens (tertiary/aromatic N) is 1. The number of hydrogen-bond donors (Lipinski definition) is 1. The predicted molar refractivity (Wildman–Crippen MR) is 77.6 cm³/mol. The Morgan fingerprint density at radius 3 is 3.15 bits per heavy atom. The van der Waals surface area contributed by atoms with Gasteiger partial charge in [0.15, 0.2) is 0 Å². The van der Waals surface area contributed by atoms with Gasteiger partial charge in [-0.05, 0) is 31.0 Å². The minimum Gasteiger partial charge on any atom is -0.377 e. The van der Waals surface area contributed by atoms with Gasteiger partial charge in [0.2, 0.25) is 0 Å². The number of nitrogens with two attached hydrogens (primary N) is 1. The molecule has 0 radical (unpaired) electrons. The summed E-state index contributed by atoms with van der Waals surface area (Å²) in [5, 5.41) is 0. The van der Waals surface area contributed by atoms with E-state index in [0.717, 1.165) is 43.8 Å². The van der Waals surface area contributed by atoms with Crippen molar-refractivity contribution in [1.29, 1.82) is 0 Å². The van der Waals surface area contributed by atoms with Crippen LogP contribution in [-0.4, -0.2) is 37.2 Å². The van der Waals surface area contributed by atoms with E-state index in [4.69, 9.17) is 10.5 Å². The Balaban J connectivity index is 2.15. The first-order valence-corrected chi connectivity index (χ1v) is 7.00. The van der Waals surface area contributed by atoms with Crippen molar-refractivity contribution >= 4 is 0 Å². The van der Waals surface area contributed by atoms with Crippen LogP contribution in [0.25, 0.3) is 0 Å². The molecule has 1 aromatic carbocycles. The minimum atomic E-state index is -0.261. The zero-order chi connectivity index (χ0) is 14.4. The second-order valence-corrected chi connectivity index (χ2v) is 5.08. The van der Waals surface area contributed by atoms with Crippen LogP contribution in [0.15, 0.2) is 18.2 Å². The molecule has 1 aromatic rings. The summed E-state index contributed by atoms with van der Waals surface area (Å²) in [6.07, 6.45) is 1.26. The van der Waals surface area contributed by atoms with Gasteiger partial charge in [0.25, 0.3) is 0 Å². The Morgan fingerprint density at radius 2 is 2.35 bits per heavy atom. The third-order valence-corrected chi connectivity index (χ3v) is 3.33. The van der Waals surface area contributed by atoms with E-state index in [1.54, 1.807) is 0 Å². The molecule has 1 saturated heterocycles. The molecule has 4 heteroatoms. The topological polar surface area (TPSA) is 38.5 Å². The first-order valence-electron chi connectivity index (χ1n) is 7.00. The van der Waals surface area contributed by atoms with Crippen LogP contribution in [-0.2, 0) is 11.3 Å². The van der Waals surface area contributed by atoms with Crippen LogP contribution in [0, 0.1) is 17.7 Å². The van der Waals surface area contributed by atoms with Crippen LogP contribution in [0.3, 0.4) is 0 Å². The molecule has 1 heterocycles. The average molecular weight is 276 g/mol. The molecule has 2 rings (SSSR count). The van der Waals surface area contributed by atoms with Gasteiger partial charge < -0.3 is 10.5 Å². The molecular formula is C16H21FN2O. The molecule has 0 aliphatic carbocycles. The molecule has 1 aliphatic heterocycles. The molecule has 108 valence electrons. The molecule has 3 nitrogen and oxygen atoms in total. The van der Waals surface area contributed by atoms with E-state index in [2.05, 4.69) is 23.7 Å². The summed E-state index contributed by atoms with van der Waals surface area (Å²) in [7, 11) is 0. The summed E-state index contributed by atoms with van der Waals surface area (Å²) in [6, 6.07) is 4.78. The number of rotatable bonds is 2. The number of ether oxygens (including phenoxy) is 1. The fourth-order valence-corrected chi connectivity index (χ4v) is 2.41. The van der Waals surface area contributed by atoms with Crippen molar-refractivity contribution in [3.05, 3.63) is 35.1 Å². The normalized spacial score (nSPS) is 20.1. The maximum absolute atomic E-state index is 13.3. The van der Waals surface area contributed by atoms with Gasteiger partial charge >= 0.3 is 0 Å². The second-order valence-electron chi connectivity index (χ2n) is 5.08. The Kier molecular flexibility index (Phi) is 5.54. The number of halogens is 1. The van der Waals surface area contributed by atoms with E-state index in [9.17, 15) is 4.39 Å². The highest BCUT2D eigenvalue weighted by atomic mass is 19.1. The van der Waals surface area contributed by atoms with Crippen LogP contribution in [0.1, 0.15) is 24.5 Å². The maximum Gasteiger partial charge on any atom is 0.124 e. The lowest BCUT2D eigenvalue weighted by Gasteiger charge is -2.22. The highest BCUT2D eigenvalue weighted by molar-refractivity contribution is 5.41. The second kappa shape index (κ2) is 7.39. The largest absolute Gasteiger partial charge is 0.377 e.